The molecular weight excluding hydrogens is 386 g/mol. The van der Waals surface area contributed by atoms with Crippen LogP contribution < -0.4 is 5.32 Å². The van der Waals surface area contributed by atoms with Gasteiger partial charge in [-0.15, -0.1) is 0 Å². The van der Waals surface area contributed by atoms with Gasteiger partial charge in [-0.1, -0.05) is 18.2 Å². The summed E-state index contributed by atoms with van der Waals surface area (Å²) >= 11 is 1.63. The van der Waals surface area contributed by atoms with Crippen molar-refractivity contribution in [2.24, 2.45) is 22.7 Å². The predicted molar refractivity (Wildman–Crippen MR) is 113 cm³/mol. The Morgan fingerprint density at radius 2 is 2.14 bits per heavy atom. The highest BCUT2D eigenvalue weighted by Gasteiger charge is 2.46. The lowest BCUT2D eigenvalue weighted by atomic mass is 9.87. The molecule has 7 nitrogen and oxygen atoms in total. The molecule has 3 heterocycles. The van der Waals surface area contributed by atoms with Crippen molar-refractivity contribution in [2.75, 3.05) is 13.1 Å². The van der Waals surface area contributed by atoms with E-state index in [1.807, 2.05) is 4.90 Å². The number of carbonyl (C=O) groups is 2. The Hall–Kier alpha value is -1.83. The van der Waals surface area contributed by atoms with Crippen LogP contribution in [0.15, 0.2) is 17.4 Å². The smallest absolute Gasteiger partial charge is 0.257 e. The number of nitrogens with one attached hydrogen (secondary N) is 2. The van der Waals surface area contributed by atoms with Crippen molar-refractivity contribution in [3.05, 3.63) is 18.0 Å². The first-order chi connectivity index (χ1) is 14.0. The maximum Gasteiger partial charge on any atom is 0.257 e. The first kappa shape index (κ1) is 19.2. The first-order valence-electron chi connectivity index (χ1n) is 10.9. The second-order valence-corrected chi connectivity index (χ2v) is 10.9. The molecule has 4 aliphatic rings. The molecule has 2 aliphatic heterocycles. The van der Waals surface area contributed by atoms with Gasteiger partial charge in [-0.2, -0.15) is 5.10 Å². The second-order valence-electron chi connectivity index (χ2n) is 9.39. The molecule has 1 unspecified atom stereocenters. The van der Waals surface area contributed by atoms with E-state index in [0.29, 0.717) is 17.5 Å². The number of nitrogens with zero attached hydrogens (tertiary/aromatic N) is 3. The lowest BCUT2D eigenvalue weighted by molar-refractivity contribution is -0.121. The Balaban J connectivity index is 1.16. The number of piperidine rings is 1. The number of aromatic amines is 1. The molecule has 2 bridgehead atoms. The number of rotatable bonds is 4. The molecule has 2 N–H and O–H groups in total. The highest BCUT2D eigenvalue weighted by atomic mass is 32.2. The Kier molecular flexibility index (Phi) is 4.92. The van der Waals surface area contributed by atoms with Gasteiger partial charge in [-0.25, -0.2) is 0 Å². The van der Waals surface area contributed by atoms with Crippen molar-refractivity contribution in [2.45, 2.75) is 62.7 Å². The molecule has 4 fully saturated rings. The van der Waals surface area contributed by atoms with Crippen molar-refractivity contribution in [1.82, 2.24) is 20.4 Å². The SMILES string of the molecule is CC1(CC2CCN(C(=O)c3cn[nH]c3)CC2)SC(=N[C@H]2C[C@@H]3CC[C@H]2C3)NC1=O. The summed E-state index contributed by atoms with van der Waals surface area (Å²) in [6.45, 7) is 3.53. The molecule has 4 atom stereocenters. The Labute approximate surface area is 175 Å². The monoisotopic (exact) mass is 415 g/mol. The summed E-state index contributed by atoms with van der Waals surface area (Å²) in [5, 5.41) is 10.5. The van der Waals surface area contributed by atoms with Crippen LogP contribution in [0.4, 0.5) is 0 Å². The quantitative estimate of drug-likeness (QED) is 0.791. The highest BCUT2D eigenvalue weighted by molar-refractivity contribution is 8.16. The fourth-order valence-electron chi connectivity index (χ4n) is 5.67. The summed E-state index contributed by atoms with van der Waals surface area (Å²) in [5.41, 5.74) is 0.614. The average Bonchev–Trinajstić information content (AvgIpc) is 3.48. The number of fused-ring (bicyclic) bond motifs is 2. The van der Waals surface area contributed by atoms with Gasteiger partial charge in [0.25, 0.3) is 5.91 Å². The van der Waals surface area contributed by atoms with E-state index >= 15 is 0 Å². The van der Waals surface area contributed by atoms with Crippen LogP contribution in [0.25, 0.3) is 0 Å². The third-order valence-electron chi connectivity index (χ3n) is 7.33. The molecule has 0 radical (unpaired) electrons. The molecule has 5 rings (SSSR count). The average molecular weight is 416 g/mol. The van der Waals surface area contributed by atoms with Gasteiger partial charge < -0.3 is 10.2 Å². The van der Waals surface area contributed by atoms with Crippen LogP contribution in [0.5, 0.6) is 0 Å². The van der Waals surface area contributed by atoms with Crippen molar-refractivity contribution in [3.63, 3.8) is 0 Å². The van der Waals surface area contributed by atoms with Crippen LogP contribution in [-0.4, -0.2) is 56.0 Å². The number of hydrogen-bond donors (Lipinski definition) is 2. The number of carbonyl (C=O) groups excluding carboxylic acids is 2. The van der Waals surface area contributed by atoms with E-state index in [2.05, 4.69) is 22.4 Å². The minimum atomic E-state index is -0.447. The normalized spacial score (nSPS) is 36.2. The number of amidine groups is 1. The molecule has 156 valence electrons. The standard InChI is InChI=1S/C21H29N5O2S/c1-21(10-13-4-6-26(7-5-13)18(27)16-11-22-23-12-16)19(28)25-20(29-21)24-17-9-14-2-3-15(17)8-14/h11-15,17H,2-10H2,1H3,(H,22,23)(H,24,25,28)/t14-,15+,17+,21?/m1/s1. The molecule has 1 aromatic heterocycles. The van der Waals surface area contributed by atoms with Crippen molar-refractivity contribution < 1.29 is 9.59 Å². The molecule has 2 amide bonds. The number of likely N-dealkylation sites (tertiary alicyclic amines) is 1. The van der Waals surface area contributed by atoms with Crippen molar-refractivity contribution in [1.29, 1.82) is 0 Å². The van der Waals surface area contributed by atoms with Gasteiger partial charge in [0.1, 0.15) is 0 Å². The maximum absolute atomic E-state index is 12.8. The number of aliphatic imine (C=N–C) groups is 1. The second kappa shape index (κ2) is 7.45. The van der Waals surface area contributed by atoms with Gasteiger partial charge in [0.05, 0.1) is 22.5 Å². The molecule has 0 aromatic carbocycles. The molecular formula is C21H29N5O2S. The minimum Gasteiger partial charge on any atom is -0.339 e. The van der Waals surface area contributed by atoms with E-state index in [-0.39, 0.29) is 11.8 Å². The lowest BCUT2D eigenvalue weighted by Crippen LogP contribution is -2.41. The van der Waals surface area contributed by atoms with Gasteiger partial charge in [-0.05, 0) is 63.2 Å². The van der Waals surface area contributed by atoms with E-state index in [4.69, 9.17) is 4.99 Å². The topological polar surface area (TPSA) is 90.4 Å². The number of hydrogen-bond acceptors (Lipinski definition) is 5. The number of thioether (sulfide) groups is 1. The maximum atomic E-state index is 12.8. The van der Waals surface area contributed by atoms with Crippen LogP contribution in [0, 0.1) is 17.8 Å². The summed E-state index contributed by atoms with van der Waals surface area (Å²) in [6, 6.07) is 0.413. The summed E-state index contributed by atoms with van der Waals surface area (Å²) in [7, 11) is 0. The third-order valence-corrected chi connectivity index (χ3v) is 8.54. The lowest BCUT2D eigenvalue weighted by Gasteiger charge is -2.34. The third kappa shape index (κ3) is 3.71. The Morgan fingerprint density at radius 1 is 1.31 bits per heavy atom. The number of H-pyrrole nitrogens is 1. The molecule has 2 saturated heterocycles. The van der Waals surface area contributed by atoms with Crippen molar-refractivity contribution in [3.8, 4) is 0 Å². The number of aromatic nitrogens is 2. The summed E-state index contributed by atoms with van der Waals surface area (Å²) < 4.78 is -0.447. The zero-order valence-electron chi connectivity index (χ0n) is 16.9. The van der Waals surface area contributed by atoms with Crippen LogP contribution in [-0.2, 0) is 4.79 Å². The fraction of sp³-hybridized carbons (Fsp3) is 0.714. The van der Waals surface area contributed by atoms with E-state index in [1.165, 1.54) is 25.7 Å². The van der Waals surface area contributed by atoms with E-state index in [9.17, 15) is 9.59 Å². The predicted octanol–water partition coefficient (Wildman–Crippen LogP) is 2.82. The minimum absolute atomic E-state index is 0.0386. The van der Waals surface area contributed by atoms with Gasteiger partial charge in [0.2, 0.25) is 5.91 Å². The van der Waals surface area contributed by atoms with E-state index in [0.717, 1.165) is 49.4 Å². The van der Waals surface area contributed by atoms with Crippen LogP contribution in [0.2, 0.25) is 0 Å². The molecule has 29 heavy (non-hydrogen) atoms. The summed E-state index contributed by atoms with van der Waals surface area (Å²) in [5.74, 6) is 2.18. The molecule has 2 saturated carbocycles. The molecule has 1 aromatic rings. The van der Waals surface area contributed by atoms with Crippen LogP contribution in [0.1, 0.15) is 62.2 Å². The molecule has 2 aliphatic carbocycles. The van der Waals surface area contributed by atoms with Gasteiger partial charge in [-0.3, -0.25) is 19.7 Å². The van der Waals surface area contributed by atoms with Crippen molar-refractivity contribution >= 4 is 28.7 Å². The largest absolute Gasteiger partial charge is 0.339 e. The van der Waals surface area contributed by atoms with E-state index in [1.54, 1.807) is 24.2 Å². The Morgan fingerprint density at radius 3 is 2.79 bits per heavy atom. The zero-order valence-corrected chi connectivity index (χ0v) is 17.7. The fourth-order valence-corrected chi connectivity index (χ4v) is 6.89. The van der Waals surface area contributed by atoms with Gasteiger partial charge >= 0.3 is 0 Å². The van der Waals surface area contributed by atoms with Crippen LogP contribution >= 0.6 is 11.8 Å². The van der Waals surface area contributed by atoms with E-state index < -0.39 is 4.75 Å². The van der Waals surface area contributed by atoms with Gasteiger partial charge in [0, 0.05) is 19.3 Å². The zero-order chi connectivity index (χ0) is 20.0. The van der Waals surface area contributed by atoms with Gasteiger partial charge in [0.15, 0.2) is 5.17 Å². The molecule has 0 spiro atoms. The highest BCUT2D eigenvalue weighted by Crippen LogP contribution is 2.47. The van der Waals surface area contributed by atoms with Crippen LogP contribution in [0.3, 0.4) is 0 Å². The Bertz CT molecular complexity index is 817. The summed E-state index contributed by atoms with van der Waals surface area (Å²) in [4.78, 5) is 32.1. The summed E-state index contributed by atoms with van der Waals surface area (Å²) in [6.07, 6.45) is 11.1. The molecule has 8 heteroatoms. The first-order valence-corrected chi connectivity index (χ1v) is 11.7. The number of amides is 2.